The molecule has 0 unspecified atom stereocenters. The molecule has 3 rings (SSSR count). The lowest BCUT2D eigenvalue weighted by molar-refractivity contribution is 0.297. The van der Waals surface area contributed by atoms with Crippen molar-refractivity contribution in [2.24, 2.45) is 7.05 Å². The van der Waals surface area contributed by atoms with E-state index in [1.165, 1.54) is 27.7 Å². The van der Waals surface area contributed by atoms with Gasteiger partial charge in [-0.25, -0.2) is 0 Å². The number of nitrogens with zero attached hydrogens (tertiary/aromatic N) is 1. The Balaban J connectivity index is 1.84. The van der Waals surface area contributed by atoms with E-state index >= 15 is 0 Å². The van der Waals surface area contributed by atoms with Crippen LogP contribution < -0.4 is 4.74 Å². The van der Waals surface area contributed by atoms with Crippen molar-refractivity contribution in [1.82, 2.24) is 4.57 Å². The fourth-order valence-corrected chi connectivity index (χ4v) is 2.43. The molecule has 0 atom stereocenters. The summed E-state index contributed by atoms with van der Waals surface area (Å²) < 4.78 is 8.07. The summed E-state index contributed by atoms with van der Waals surface area (Å²) in [5.41, 5.74) is 4.97. The van der Waals surface area contributed by atoms with Crippen LogP contribution in [0.15, 0.2) is 48.5 Å². The van der Waals surface area contributed by atoms with Gasteiger partial charge < -0.3 is 9.30 Å². The largest absolute Gasteiger partial charge is 0.487 e. The molecule has 0 N–H and O–H groups in total. The molecule has 0 radical (unpaired) electrons. The van der Waals surface area contributed by atoms with Gasteiger partial charge in [0.05, 0.1) is 5.69 Å². The highest BCUT2D eigenvalue weighted by Crippen LogP contribution is 2.21. The van der Waals surface area contributed by atoms with Crippen LogP contribution in [-0.2, 0) is 13.7 Å². The van der Waals surface area contributed by atoms with Crippen LogP contribution in [0, 0.1) is 13.8 Å². The van der Waals surface area contributed by atoms with Gasteiger partial charge in [-0.1, -0.05) is 29.8 Å². The molecule has 0 aliphatic rings. The van der Waals surface area contributed by atoms with E-state index in [0.29, 0.717) is 6.61 Å². The zero-order chi connectivity index (χ0) is 14.1. The smallest absolute Gasteiger partial charge is 0.128 e. The Hall–Kier alpha value is -2.22. The number of ether oxygens (including phenoxy) is 1. The number of fused-ring (bicyclic) bond motifs is 1. The summed E-state index contributed by atoms with van der Waals surface area (Å²) >= 11 is 0. The Bertz CT molecular complexity index is 738. The summed E-state index contributed by atoms with van der Waals surface area (Å²) in [5.74, 6) is 0.914. The van der Waals surface area contributed by atoms with Crippen molar-refractivity contribution in [2.75, 3.05) is 0 Å². The highest BCUT2D eigenvalue weighted by molar-refractivity contribution is 5.81. The van der Waals surface area contributed by atoms with E-state index in [0.717, 1.165) is 5.75 Å². The monoisotopic (exact) mass is 265 g/mol. The summed E-state index contributed by atoms with van der Waals surface area (Å²) in [6.45, 7) is 4.79. The second kappa shape index (κ2) is 5.04. The van der Waals surface area contributed by atoms with Gasteiger partial charge in [0.15, 0.2) is 0 Å². The average Bonchev–Trinajstić information content (AvgIpc) is 2.75. The molecule has 2 heteroatoms. The van der Waals surface area contributed by atoms with Crippen molar-refractivity contribution < 1.29 is 4.74 Å². The van der Waals surface area contributed by atoms with E-state index in [2.05, 4.69) is 61.9 Å². The number of benzene rings is 2. The van der Waals surface area contributed by atoms with E-state index in [1.54, 1.807) is 0 Å². The first-order valence-electron chi connectivity index (χ1n) is 6.88. The topological polar surface area (TPSA) is 14.2 Å². The standard InChI is InChI=1S/C18H19NO/c1-13-5-8-17(9-6-13)20-12-16-11-15-7-4-14(2)10-18(15)19(16)3/h4-11H,12H2,1-3H3. The van der Waals surface area contributed by atoms with Gasteiger partial charge >= 0.3 is 0 Å². The first kappa shape index (κ1) is 12.8. The van der Waals surface area contributed by atoms with Crippen molar-refractivity contribution in [2.45, 2.75) is 20.5 Å². The lowest BCUT2D eigenvalue weighted by Crippen LogP contribution is -2.01. The quantitative estimate of drug-likeness (QED) is 0.685. The third-order valence-corrected chi connectivity index (χ3v) is 3.71. The number of hydrogen-bond donors (Lipinski definition) is 0. The second-order valence-electron chi connectivity index (χ2n) is 5.36. The van der Waals surface area contributed by atoms with E-state index in [9.17, 15) is 0 Å². The van der Waals surface area contributed by atoms with Crippen LogP contribution in [-0.4, -0.2) is 4.57 Å². The SMILES string of the molecule is Cc1ccc(OCc2cc3ccc(C)cc3n2C)cc1. The van der Waals surface area contributed by atoms with Crippen molar-refractivity contribution in [3.05, 3.63) is 65.4 Å². The van der Waals surface area contributed by atoms with E-state index in [-0.39, 0.29) is 0 Å². The average molecular weight is 265 g/mol. The van der Waals surface area contributed by atoms with Crippen molar-refractivity contribution in [1.29, 1.82) is 0 Å². The van der Waals surface area contributed by atoms with Crippen molar-refractivity contribution in [3.63, 3.8) is 0 Å². The Kier molecular flexibility index (Phi) is 3.23. The molecule has 0 saturated carbocycles. The summed E-state index contributed by atoms with van der Waals surface area (Å²) in [7, 11) is 2.09. The molecule has 20 heavy (non-hydrogen) atoms. The number of aryl methyl sites for hydroxylation is 3. The minimum absolute atomic E-state index is 0.591. The Labute approximate surface area is 119 Å². The van der Waals surface area contributed by atoms with Crippen molar-refractivity contribution >= 4 is 10.9 Å². The first-order chi connectivity index (χ1) is 9.63. The van der Waals surface area contributed by atoms with Crippen LogP contribution in [0.3, 0.4) is 0 Å². The molecule has 1 aromatic heterocycles. The Morgan fingerprint density at radius 2 is 1.60 bits per heavy atom. The lowest BCUT2D eigenvalue weighted by atomic mass is 10.2. The molecule has 0 aliphatic carbocycles. The molecule has 1 heterocycles. The van der Waals surface area contributed by atoms with Gasteiger partial charge in [0, 0.05) is 12.6 Å². The molecular weight excluding hydrogens is 246 g/mol. The zero-order valence-electron chi connectivity index (χ0n) is 12.2. The minimum Gasteiger partial charge on any atom is -0.487 e. The highest BCUT2D eigenvalue weighted by Gasteiger charge is 2.06. The third kappa shape index (κ3) is 2.42. The van der Waals surface area contributed by atoms with E-state index in [4.69, 9.17) is 4.74 Å². The van der Waals surface area contributed by atoms with Gasteiger partial charge in [0.25, 0.3) is 0 Å². The minimum atomic E-state index is 0.591. The van der Waals surface area contributed by atoms with E-state index < -0.39 is 0 Å². The van der Waals surface area contributed by atoms with Gasteiger partial charge in [0.1, 0.15) is 12.4 Å². The van der Waals surface area contributed by atoms with Crippen molar-refractivity contribution in [3.8, 4) is 5.75 Å². The van der Waals surface area contributed by atoms with Gasteiger partial charge in [-0.05, 0) is 49.1 Å². The summed E-state index contributed by atoms with van der Waals surface area (Å²) in [6.07, 6.45) is 0. The molecule has 2 nitrogen and oxygen atoms in total. The molecule has 0 bridgehead atoms. The predicted molar refractivity (Wildman–Crippen MR) is 83.2 cm³/mol. The molecular formula is C18H19NO. The van der Waals surface area contributed by atoms with Crippen LogP contribution in [0.1, 0.15) is 16.8 Å². The number of hydrogen-bond acceptors (Lipinski definition) is 1. The maximum absolute atomic E-state index is 5.87. The maximum atomic E-state index is 5.87. The third-order valence-electron chi connectivity index (χ3n) is 3.71. The molecule has 0 amide bonds. The normalized spacial score (nSPS) is 10.9. The fourth-order valence-electron chi connectivity index (χ4n) is 2.43. The van der Waals surface area contributed by atoms with Crippen LogP contribution in [0.25, 0.3) is 10.9 Å². The summed E-state index contributed by atoms with van der Waals surface area (Å²) in [5, 5.41) is 1.26. The highest BCUT2D eigenvalue weighted by atomic mass is 16.5. The molecule has 2 aromatic carbocycles. The predicted octanol–water partition coefficient (Wildman–Crippen LogP) is 4.37. The van der Waals surface area contributed by atoms with E-state index in [1.807, 2.05) is 12.1 Å². The number of aromatic nitrogens is 1. The molecule has 102 valence electrons. The van der Waals surface area contributed by atoms with Crippen LogP contribution >= 0.6 is 0 Å². The van der Waals surface area contributed by atoms with Gasteiger partial charge in [-0.3, -0.25) is 0 Å². The fraction of sp³-hybridized carbons (Fsp3) is 0.222. The Morgan fingerprint density at radius 1 is 0.900 bits per heavy atom. The van der Waals surface area contributed by atoms with Crippen LogP contribution in [0.2, 0.25) is 0 Å². The Morgan fingerprint density at radius 3 is 2.35 bits per heavy atom. The van der Waals surface area contributed by atoms with Gasteiger partial charge in [0.2, 0.25) is 0 Å². The lowest BCUT2D eigenvalue weighted by Gasteiger charge is -2.08. The maximum Gasteiger partial charge on any atom is 0.128 e. The molecule has 0 spiro atoms. The molecule has 3 aromatic rings. The van der Waals surface area contributed by atoms with Gasteiger partial charge in [-0.2, -0.15) is 0 Å². The second-order valence-corrected chi connectivity index (χ2v) is 5.36. The number of rotatable bonds is 3. The molecule has 0 aliphatic heterocycles. The zero-order valence-corrected chi connectivity index (χ0v) is 12.2. The summed E-state index contributed by atoms with van der Waals surface area (Å²) in [4.78, 5) is 0. The van der Waals surface area contributed by atoms with Crippen LogP contribution in [0.4, 0.5) is 0 Å². The van der Waals surface area contributed by atoms with Gasteiger partial charge in [-0.15, -0.1) is 0 Å². The molecule has 0 fully saturated rings. The summed E-state index contributed by atoms with van der Waals surface area (Å²) in [6, 6.07) is 16.9. The molecule has 0 saturated heterocycles. The van der Waals surface area contributed by atoms with Crippen LogP contribution in [0.5, 0.6) is 5.75 Å². The first-order valence-corrected chi connectivity index (χ1v) is 6.88.